The number of hydrogen-bond acceptors (Lipinski definition) is 7. The second-order valence-corrected chi connectivity index (χ2v) is 5.00. The quantitative estimate of drug-likeness (QED) is 0.387. The fourth-order valence-electron chi connectivity index (χ4n) is 2.20. The Morgan fingerprint density at radius 2 is 1.84 bits per heavy atom. The number of aromatic nitrogens is 2. The largest absolute Gasteiger partial charge is 0.457 e. The molecule has 0 aliphatic rings. The molecule has 7 heteroatoms. The Hall–Kier alpha value is -3.03. The standard InChI is InChI=1S/C18H16N2O5/c1-22-18(23-2)14-9-10-19-16(20-14)12-5-7-13(8-6-12)25-17(21)15-4-3-11-24-15/h3-11,18H,1-2H3. The van der Waals surface area contributed by atoms with Crippen LogP contribution in [0, 0.1) is 0 Å². The third-order valence-electron chi connectivity index (χ3n) is 3.39. The number of ether oxygens (including phenoxy) is 3. The van der Waals surface area contributed by atoms with E-state index in [0.29, 0.717) is 17.3 Å². The minimum Gasteiger partial charge on any atom is -0.457 e. The number of esters is 1. The predicted octanol–water partition coefficient (Wildman–Crippen LogP) is 3.25. The van der Waals surface area contributed by atoms with Crippen molar-refractivity contribution in [2.75, 3.05) is 14.2 Å². The molecule has 7 nitrogen and oxygen atoms in total. The van der Waals surface area contributed by atoms with Crippen molar-refractivity contribution in [1.82, 2.24) is 9.97 Å². The van der Waals surface area contributed by atoms with Gasteiger partial charge in [-0.1, -0.05) is 0 Å². The molecule has 0 spiro atoms. The van der Waals surface area contributed by atoms with E-state index in [2.05, 4.69) is 9.97 Å². The van der Waals surface area contributed by atoms with Crippen LogP contribution in [-0.2, 0) is 9.47 Å². The molecule has 0 radical (unpaired) electrons. The molecular formula is C18H16N2O5. The van der Waals surface area contributed by atoms with E-state index in [9.17, 15) is 4.79 Å². The molecule has 0 amide bonds. The average Bonchev–Trinajstić information content (AvgIpc) is 3.19. The van der Waals surface area contributed by atoms with Crippen LogP contribution in [0.5, 0.6) is 5.75 Å². The van der Waals surface area contributed by atoms with Crippen molar-refractivity contribution in [2.24, 2.45) is 0 Å². The van der Waals surface area contributed by atoms with Crippen molar-refractivity contribution in [3.05, 3.63) is 66.4 Å². The lowest BCUT2D eigenvalue weighted by atomic mass is 10.2. The Morgan fingerprint density at radius 3 is 2.48 bits per heavy atom. The van der Waals surface area contributed by atoms with Crippen LogP contribution in [0.25, 0.3) is 11.4 Å². The van der Waals surface area contributed by atoms with E-state index in [1.807, 2.05) is 0 Å². The fourth-order valence-corrected chi connectivity index (χ4v) is 2.20. The van der Waals surface area contributed by atoms with Gasteiger partial charge in [0.15, 0.2) is 5.82 Å². The molecule has 3 aromatic rings. The van der Waals surface area contributed by atoms with E-state index in [1.165, 1.54) is 26.5 Å². The lowest BCUT2D eigenvalue weighted by molar-refractivity contribution is -0.108. The maximum absolute atomic E-state index is 11.8. The number of furan rings is 1. The van der Waals surface area contributed by atoms with Crippen LogP contribution in [0.1, 0.15) is 22.5 Å². The lowest BCUT2D eigenvalue weighted by Gasteiger charge is -2.13. The first-order chi connectivity index (χ1) is 12.2. The van der Waals surface area contributed by atoms with Gasteiger partial charge >= 0.3 is 5.97 Å². The van der Waals surface area contributed by atoms with Gasteiger partial charge in [0.25, 0.3) is 0 Å². The molecule has 0 saturated heterocycles. The summed E-state index contributed by atoms with van der Waals surface area (Å²) in [5, 5.41) is 0. The summed E-state index contributed by atoms with van der Waals surface area (Å²) in [6.45, 7) is 0. The van der Waals surface area contributed by atoms with Crippen LogP contribution in [0.15, 0.2) is 59.3 Å². The molecule has 2 heterocycles. The van der Waals surface area contributed by atoms with Crippen LogP contribution < -0.4 is 4.74 Å². The van der Waals surface area contributed by atoms with Crippen LogP contribution >= 0.6 is 0 Å². The molecule has 0 N–H and O–H groups in total. The van der Waals surface area contributed by atoms with Gasteiger partial charge in [0, 0.05) is 26.0 Å². The highest BCUT2D eigenvalue weighted by atomic mass is 16.7. The Labute approximate surface area is 144 Å². The molecule has 0 saturated carbocycles. The first kappa shape index (κ1) is 16.8. The van der Waals surface area contributed by atoms with Gasteiger partial charge in [-0.05, 0) is 42.5 Å². The molecule has 3 rings (SSSR count). The summed E-state index contributed by atoms with van der Waals surface area (Å²) in [4.78, 5) is 20.5. The monoisotopic (exact) mass is 340 g/mol. The molecule has 0 atom stereocenters. The van der Waals surface area contributed by atoms with Crippen molar-refractivity contribution in [1.29, 1.82) is 0 Å². The SMILES string of the molecule is COC(OC)c1ccnc(-c2ccc(OC(=O)c3ccco3)cc2)n1. The number of nitrogens with zero attached hydrogens (tertiary/aromatic N) is 2. The fraction of sp³-hybridized carbons (Fsp3) is 0.167. The summed E-state index contributed by atoms with van der Waals surface area (Å²) in [6.07, 6.45) is 2.49. The molecule has 2 aromatic heterocycles. The van der Waals surface area contributed by atoms with E-state index in [1.54, 1.807) is 42.6 Å². The van der Waals surface area contributed by atoms with Gasteiger partial charge in [-0.3, -0.25) is 0 Å². The third-order valence-corrected chi connectivity index (χ3v) is 3.39. The first-order valence-electron chi connectivity index (χ1n) is 7.46. The molecular weight excluding hydrogens is 324 g/mol. The van der Waals surface area contributed by atoms with Gasteiger partial charge in [0.2, 0.25) is 12.1 Å². The van der Waals surface area contributed by atoms with Gasteiger partial charge in [0.1, 0.15) is 11.4 Å². The van der Waals surface area contributed by atoms with Gasteiger partial charge in [-0.15, -0.1) is 0 Å². The van der Waals surface area contributed by atoms with Gasteiger partial charge in [0.05, 0.1) is 6.26 Å². The minimum absolute atomic E-state index is 0.144. The molecule has 0 bridgehead atoms. The van der Waals surface area contributed by atoms with Gasteiger partial charge in [-0.2, -0.15) is 0 Å². The second kappa shape index (κ2) is 7.69. The Morgan fingerprint density at radius 1 is 1.08 bits per heavy atom. The van der Waals surface area contributed by atoms with E-state index in [-0.39, 0.29) is 5.76 Å². The van der Waals surface area contributed by atoms with Crippen LogP contribution in [0.2, 0.25) is 0 Å². The topological polar surface area (TPSA) is 83.7 Å². The summed E-state index contributed by atoms with van der Waals surface area (Å²) in [5.41, 5.74) is 1.38. The summed E-state index contributed by atoms with van der Waals surface area (Å²) < 4.78 is 20.6. The second-order valence-electron chi connectivity index (χ2n) is 5.00. The van der Waals surface area contributed by atoms with Crippen molar-refractivity contribution in [3.63, 3.8) is 0 Å². The highest BCUT2D eigenvalue weighted by Crippen LogP contribution is 2.22. The molecule has 25 heavy (non-hydrogen) atoms. The summed E-state index contributed by atoms with van der Waals surface area (Å²) in [5.74, 6) is 0.498. The van der Waals surface area contributed by atoms with E-state index < -0.39 is 12.3 Å². The van der Waals surface area contributed by atoms with Crippen LogP contribution in [0.3, 0.4) is 0 Å². The zero-order valence-electron chi connectivity index (χ0n) is 13.7. The highest BCUT2D eigenvalue weighted by molar-refractivity contribution is 5.88. The smallest absolute Gasteiger partial charge is 0.379 e. The number of carbonyl (C=O) groups is 1. The minimum atomic E-state index is -0.560. The van der Waals surface area contributed by atoms with E-state index >= 15 is 0 Å². The average molecular weight is 340 g/mol. The third kappa shape index (κ3) is 3.90. The summed E-state index contributed by atoms with van der Waals surface area (Å²) >= 11 is 0. The Balaban J connectivity index is 1.76. The number of benzene rings is 1. The lowest BCUT2D eigenvalue weighted by Crippen LogP contribution is -2.07. The molecule has 0 fully saturated rings. The first-order valence-corrected chi connectivity index (χ1v) is 7.46. The normalized spacial score (nSPS) is 10.8. The van der Waals surface area contributed by atoms with E-state index in [0.717, 1.165) is 5.56 Å². The maximum atomic E-state index is 11.8. The predicted molar refractivity (Wildman–Crippen MR) is 87.9 cm³/mol. The van der Waals surface area contributed by atoms with E-state index in [4.69, 9.17) is 18.6 Å². The highest BCUT2D eigenvalue weighted by Gasteiger charge is 2.14. The Kier molecular flexibility index (Phi) is 5.17. The molecule has 0 unspecified atom stereocenters. The van der Waals surface area contributed by atoms with Crippen molar-refractivity contribution in [2.45, 2.75) is 6.29 Å². The number of rotatable bonds is 6. The van der Waals surface area contributed by atoms with Crippen molar-refractivity contribution in [3.8, 4) is 17.1 Å². The molecule has 0 aliphatic carbocycles. The van der Waals surface area contributed by atoms with Crippen LogP contribution in [-0.4, -0.2) is 30.2 Å². The molecule has 128 valence electrons. The summed E-state index contributed by atoms with van der Waals surface area (Å²) in [7, 11) is 3.08. The zero-order chi connectivity index (χ0) is 17.6. The number of carbonyl (C=O) groups excluding carboxylic acids is 1. The Bertz CT molecular complexity index is 827. The number of hydrogen-bond donors (Lipinski definition) is 0. The van der Waals surface area contributed by atoms with Crippen molar-refractivity contribution < 1.29 is 23.4 Å². The zero-order valence-corrected chi connectivity index (χ0v) is 13.7. The number of methoxy groups -OCH3 is 2. The van der Waals surface area contributed by atoms with Crippen molar-refractivity contribution >= 4 is 5.97 Å². The van der Waals surface area contributed by atoms with Crippen LogP contribution in [0.4, 0.5) is 0 Å². The molecule has 1 aromatic carbocycles. The van der Waals surface area contributed by atoms with Gasteiger partial charge in [-0.25, -0.2) is 14.8 Å². The van der Waals surface area contributed by atoms with Gasteiger partial charge < -0.3 is 18.6 Å². The summed E-state index contributed by atoms with van der Waals surface area (Å²) in [6, 6.07) is 11.7. The molecule has 0 aliphatic heterocycles. The maximum Gasteiger partial charge on any atom is 0.379 e.